The largest absolute Gasteiger partial charge is 0.478 e. The van der Waals surface area contributed by atoms with E-state index >= 15 is 0 Å². The van der Waals surface area contributed by atoms with Gasteiger partial charge in [0.2, 0.25) is 6.10 Å². The van der Waals surface area contributed by atoms with Gasteiger partial charge in [-0.15, -0.1) is 0 Å². The molecule has 0 aliphatic carbocycles. The van der Waals surface area contributed by atoms with Crippen LogP contribution in [0.1, 0.15) is 17.0 Å². The second-order valence-corrected chi connectivity index (χ2v) is 5.49. The summed E-state index contributed by atoms with van der Waals surface area (Å²) in [5.41, 5.74) is 1.82. The summed E-state index contributed by atoms with van der Waals surface area (Å²) in [7, 11) is 0. The zero-order valence-electron chi connectivity index (χ0n) is 13.1. The van der Waals surface area contributed by atoms with E-state index in [4.69, 9.17) is 4.74 Å². The molecule has 3 aromatic carbocycles. The summed E-state index contributed by atoms with van der Waals surface area (Å²) >= 11 is 0. The first-order valence-electron chi connectivity index (χ1n) is 7.80. The molecule has 24 heavy (non-hydrogen) atoms. The Morgan fingerprint density at radius 2 is 1.12 bits per heavy atom. The third kappa shape index (κ3) is 3.63. The lowest BCUT2D eigenvalue weighted by atomic mass is 9.86. The first-order valence-corrected chi connectivity index (χ1v) is 7.80. The van der Waals surface area contributed by atoms with Crippen molar-refractivity contribution in [3.63, 3.8) is 0 Å². The summed E-state index contributed by atoms with van der Waals surface area (Å²) in [6, 6.07) is 28.3. The summed E-state index contributed by atoms with van der Waals surface area (Å²) in [6.07, 6.45) is -1.02. The number of hydrogen-bond donors (Lipinski definition) is 1. The Bertz CT molecular complexity index is 730. The van der Waals surface area contributed by atoms with Crippen molar-refractivity contribution in [2.75, 3.05) is 0 Å². The number of carboxylic acids is 1. The molecule has 0 radical (unpaired) electrons. The van der Waals surface area contributed by atoms with Gasteiger partial charge >= 0.3 is 5.97 Å². The van der Waals surface area contributed by atoms with Gasteiger partial charge in [0.25, 0.3) is 0 Å². The average molecular weight is 318 g/mol. The van der Waals surface area contributed by atoms with Gasteiger partial charge in [0, 0.05) is 0 Å². The Balaban J connectivity index is 2.03. The van der Waals surface area contributed by atoms with Gasteiger partial charge in [0.05, 0.1) is 5.92 Å². The smallest absolute Gasteiger partial charge is 0.345 e. The van der Waals surface area contributed by atoms with Crippen molar-refractivity contribution in [2.24, 2.45) is 0 Å². The van der Waals surface area contributed by atoms with E-state index < -0.39 is 18.0 Å². The molecule has 0 aliphatic rings. The van der Waals surface area contributed by atoms with Crippen LogP contribution in [0.15, 0.2) is 91.0 Å². The molecule has 0 fully saturated rings. The van der Waals surface area contributed by atoms with Crippen LogP contribution in [0.2, 0.25) is 0 Å². The van der Waals surface area contributed by atoms with Crippen LogP contribution in [-0.2, 0) is 4.79 Å². The Morgan fingerprint density at radius 3 is 1.54 bits per heavy atom. The van der Waals surface area contributed by atoms with E-state index in [0.717, 1.165) is 11.1 Å². The first kappa shape index (κ1) is 15.8. The lowest BCUT2D eigenvalue weighted by molar-refractivity contribution is -0.145. The van der Waals surface area contributed by atoms with Gasteiger partial charge in [-0.3, -0.25) is 0 Å². The fourth-order valence-electron chi connectivity index (χ4n) is 2.77. The van der Waals surface area contributed by atoms with E-state index in [1.165, 1.54) is 0 Å². The maximum Gasteiger partial charge on any atom is 0.345 e. The lowest BCUT2D eigenvalue weighted by Crippen LogP contribution is -2.34. The van der Waals surface area contributed by atoms with E-state index in [0.29, 0.717) is 5.75 Å². The Labute approximate surface area is 141 Å². The lowest BCUT2D eigenvalue weighted by Gasteiger charge is -2.26. The zero-order chi connectivity index (χ0) is 16.8. The minimum absolute atomic E-state index is 0.398. The van der Waals surface area contributed by atoms with Gasteiger partial charge in [-0.25, -0.2) is 4.79 Å². The molecule has 0 saturated carbocycles. The average Bonchev–Trinajstić information content (AvgIpc) is 2.64. The van der Waals surface area contributed by atoms with Crippen molar-refractivity contribution < 1.29 is 14.6 Å². The van der Waals surface area contributed by atoms with Gasteiger partial charge < -0.3 is 9.84 Å². The predicted octanol–water partition coefficient (Wildman–Crippen LogP) is 4.35. The van der Waals surface area contributed by atoms with Gasteiger partial charge in [0.15, 0.2) is 0 Å². The summed E-state index contributed by atoms with van der Waals surface area (Å²) < 4.78 is 5.85. The van der Waals surface area contributed by atoms with Gasteiger partial charge in [0.1, 0.15) is 5.75 Å². The van der Waals surface area contributed by atoms with Crippen molar-refractivity contribution in [3.05, 3.63) is 102 Å². The summed E-state index contributed by atoms with van der Waals surface area (Å²) in [6.45, 7) is 0. The molecule has 0 saturated heterocycles. The SMILES string of the molecule is O=C(O)C(Oc1ccccc1)C(c1ccccc1)c1ccccc1. The first-order chi connectivity index (χ1) is 11.8. The molecule has 0 heterocycles. The number of hydrogen-bond acceptors (Lipinski definition) is 2. The molecular formula is C21H18O3. The number of benzene rings is 3. The number of para-hydroxylation sites is 1. The second kappa shape index (κ2) is 7.47. The van der Waals surface area contributed by atoms with Gasteiger partial charge in [-0.1, -0.05) is 78.9 Å². The maximum absolute atomic E-state index is 12.0. The van der Waals surface area contributed by atoms with Crippen molar-refractivity contribution in [1.29, 1.82) is 0 Å². The van der Waals surface area contributed by atoms with Crippen LogP contribution < -0.4 is 4.74 Å². The van der Waals surface area contributed by atoms with E-state index in [2.05, 4.69) is 0 Å². The minimum atomic E-state index is -1.02. The molecule has 120 valence electrons. The maximum atomic E-state index is 12.0. The number of rotatable bonds is 6. The molecule has 3 rings (SSSR count). The van der Waals surface area contributed by atoms with Crippen LogP contribution in [-0.4, -0.2) is 17.2 Å². The van der Waals surface area contributed by atoms with Crippen LogP contribution in [0.4, 0.5) is 0 Å². The molecule has 3 aromatic rings. The monoisotopic (exact) mass is 318 g/mol. The molecule has 3 heteroatoms. The van der Waals surface area contributed by atoms with E-state index in [-0.39, 0.29) is 0 Å². The van der Waals surface area contributed by atoms with E-state index in [9.17, 15) is 9.90 Å². The highest BCUT2D eigenvalue weighted by Gasteiger charge is 2.32. The third-order valence-electron chi connectivity index (χ3n) is 3.87. The van der Waals surface area contributed by atoms with E-state index in [1.807, 2.05) is 78.9 Å². The van der Waals surface area contributed by atoms with Crippen molar-refractivity contribution >= 4 is 5.97 Å². The van der Waals surface area contributed by atoms with Crippen molar-refractivity contribution in [1.82, 2.24) is 0 Å². The molecule has 1 atom stereocenters. The normalized spacial score (nSPS) is 11.9. The van der Waals surface area contributed by atoms with Gasteiger partial charge in [-0.05, 0) is 23.3 Å². The molecule has 0 bridgehead atoms. The quantitative estimate of drug-likeness (QED) is 0.735. The third-order valence-corrected chi connectivity index (χ3v) is 3.87. The highest BCUT2D eigenvalue weighted by molar-refractivity contribution is 5.75. The molecule has 0 amide bonds. The highest BCUT2D eigenvalue weighted by atomic mass is 16.5. The van der Waals surface area contributed by atoms with Gasteiger partial charge in [-0.2, -0.15) is 0 Å². The molecule has 0 spiro atoms. The molecular weight excluding hydrogens is 300 g/mol. The number of carboxylic acid groups (broad SMARTS) is 1. The van der Waals surface area contributed by atoms with Crippen LogP contribution in [0.3, 0.4) is 0 Å². The fraction of sp³-hybridized carbons (Fsp3) is 0.0952. The van der Waals surface area contributed by atoms with Crippen LogP contribution in [0, 0.1) is 0 Å². The molecule has 1 unspecified atom stereocenters. The van der Waals surface area contributed by atoms with Crippen LogP contribution in [0.25, 0.3) is 0 Å². The second-order valence-electron chi connectivity index (χ2n) is 5.49. The standard InChI is InChI=1S/C21H18O3/c22-21(23)20(24-18-14-8-3-9-15-18)19(16-10-4-1-5-11-16)17-12-6-2-7-13-17/h1-15,19-20H,(H,22,23). The highest BCUT2D eigenvalue weighted by Crippen LogP contribution is 2.31. The zero-order valence-corrected chi connectivity index (χ0v) is 13.1. The molecule has 3 nitrogen and oxygen atoms in total. The Hall–Kier alpha value is -3.07. The summed E-state index contributed by atoms with van der Waals surface area (Å²) in [5.74, 6) is -0.844. The Kier molecular flexibility index (Phi) is 4.92. The van der Waals surface area contributed by atoms with Crippen LogP contribution >= 0.6 is 0 Å². The number of aliphatic carboxylic acids is 1. The molecule has 0 aliphatic heterocycles. The Morgan fingerprint density at radius 1 is 0.708 bits per heavy atom. The fourth-order valence-corrected chi connectivity index (χ4v) is 2.77. The minimum Gasteiger partial charge on any atom is -0.478 e. The topological polar surface area (TPSA) is 46.5 Å². The molecule has 1 N–H and O–H groups in total. The number of ether oxygens (including phenoxy) is 1. The number of carbonyl (C=O) groups is 1. The summed E-state index contributed by atoms with van der Waals surface area (Å²) in [4.78, 5) is 12.0. The van der Waals surface area contributed by atoms with E-state index in [1.54, 1.807) is 12.1 Å². The van der Waals surface area contributed by atoms with Crippen molar-refractivity contribution in [3.8, 4) is 5.75 Å². The van der Waals surface area contributed by atoms with Crippen LogP contribution in [0.5, 0.6) is 5.75 Å². The van der Waals surface area contributed by atoms with Crippen molar-refractivity contribution in [2.45, 2.75) is 12.0 Å². The molecule has 0 aromatic heterocycles. The predicted molar refractivity (Wildman–Crippen MR) is 93.2 cm³/mol. The summed E-state index contributed by atoms with van der Waals surface area (Å²) in [5, 5.41) is 9.80.